The molecule has 4 heteroatoms. The third-order valence-corrected chi connectivity index (χ3v) is 6.90. The van der Waals surface area contributed by atoms with Crippen LogP contribution in [0, 0.1) is 18.8 Å². The van der Waals surface area contributed by atoms with Gasteiger partial charge in [-0.05, 0) is 79.8 Å². The van der Waals surface area contributed by atoms with Gasteiger partial charge in [-0.3, -0.25) is 4.31 Å². The molecule has 0 heterocycles. The van der Waals surface area contributed by atoms with Gasteiger partial charge in [0, 0.05) is 7.05 Å². The molecule has 0 bridgehead atoms. The predicted octanol–water partition coefficient (Wildman–Crippen LogP) is 6.00. The van der Waals surface area contributed by atoms with E-state index in [-0.39, 0.29) is 0 Å². The van der Waals surface area contributed by atoms with E-state index < -0.39 is 10.0 Å². The molecular weight excluding hydrogens is 366 g/mol. The number of aryl methyl sites for hydroxylation is 3. The summed E-state index contributed by atoms with van der Waals surface area (Å²) in [5.41, 5.74) is 4.24. The number of anilines is 1. The van der Waals surface area contributed by atoms with Gasteiger partial charge in [-0.25, -0.2) is 8.42 Å². The zero-order chi connectivity index (χ0) is 20.9. The Labute approximate surface area is 171 Å². The number of hydrogen-bond acceptors (Lipinski definition) is 2. The van der Waals surface area contributed by atoms with Crippen LogP contribution < -0.4 is 4.31 Å². The van der Waals surface area contributed by atoms with Crippen molar-refractivity contribution in [2.24, 2.45) is 11.8 Å². The van der Waals surface area contributed by atoms with Crippen molar-refractivity contribution in [3.63, 3.8) is 0 Å². The van der Waals surface area contributed by atoms with Crippen LogP contribution in [0.1, 0.15) is 57.2 Å². The van der Waals surface area contributed by atoms with Crippen molar-refractivity contribution in [2.75, 3.05) is 11.4 Å². The van der Waals surface area contributed by atoms with Crippen LogP contribution in [0.4, 0.5) is 5.69 Å². The van der Waals surface area contributed by atoms with Crippen LogP contribution in [0.15, 0.2) is 47.4 Å². The largest absolute Gasteiger partial charge is 0.269 e. The van der Waals surface area contributed by atoms with E-state index in [1.807, 2.05) is 31.2 Å². The van der Waals surface area contributed by atoms with E-state index in [0.29, 0.717) is 16.7 Å². The predicted molar refractivity (Wildman–Crippen MR) is 120 cm³/mol. The summed E-state index contributed by atoms with van der Waals surface area (Å²) in [6, 6.07) is 13.4. The molecule has 2 aromatic carbocycles. The Kier molecular flexibility index (Phi) is 7.70. The van der Waals surface area contributed by atoms with Crippen LogP contribution in [0.25, 0.3) is 0 Å². The quantitative estimate of drug-likeness (QED) is 0.517. The highest BCUT2D eigenvalue weighted by Crippen LogP contribution is 2.27. The smallest absolute Gasteiger partial charge is 0.264 e. The summed E-state index contributed by atoms with van der Waals surface area (Å²) >= 11 is 0. The summed E-state index contributed by atoms with van der Waals surface area (Å²) in [4.78, 5) is 0.330. The van der Waals surface area contributed by atoms with Crippen molar-refractivity contribution in [1.82, 2.24) is 0 Å². The highest BCUT2D eigenvalue weighted by Gasteiger charge is 2.22. The second-order valence-electron chi connectivity index (χ2n) is 8.66. The van der Waals surface area contributed by atoms with Gasteiger partial charge < -0.3 is 0 Å². The maximum Gasteiger partial charge on any atom is 0.264 e. The molecule has 0 radical (unpaired) electrons. The molecule has 0 unspecified atom stereocenters. The molecule has 0 saturated heterocycles. The van der Waals surface area contributed by atoms with Gasteiger partial charge in [0.2, 0.25) is 0 Å². The third kappa shape index (κ3) is 6.10. The Morgan fingerprint density at radius 2 is 1.29 bits per heavy atom. The van der Waals surface area contributed by atoms with Gasteiger partial charge in [0.1, 0.15) is 0 Å². The van der Waals surface area contributed by atoms with Gasteiger partial charge >= 0.3 is 0 Å². The summed E-state index contributed by atoms with van der Waals surface area (Å²) in [7, 11) is -1.92. The standard InChI is InChI=1S/C24H35NO2S/c1-18(2)7-11-21-15-22(12-8-19(3)4)17-23(16-21)25(6)28(26,27)24-13-9-20(5)10-14-24/h9-10,13-19H,7-8,11-12H2,1-6H3. The van der Waals surface area contributed by atoms with Crippen molar-refractivity contribution in [3.8, 4) is 0 Å². The Hall–Kier alpha value is -1.81. The SMILES string of the molecule is Cc1ccc(S(=O)(=O)N(C)c2cc(CCC(C)C)cc(CCC(C)C)c2)cc1. The average molecular weight is 402 g/mol. The van der Waals surface area contributed by atoms with Gasteiger partial charge in [0.05, 0.1) is 10.6 Å². The lowest BCUT2D eigenvalue weighted by atomic mass is 9.97. The molecule has 0 aliphatic rings. The van der Waals surface area contributed by atoms with Crippen LogP contribution in [0.3, 0.4) is 0 Å². The number of benzene rings is 2. The second kappa shape index (κ2) is 9.60. The molecule has 0 aliphatic heterocycles. The number of hydrogen-bond donors (Lipinski definition) is 0. The first-order valence-corrected chi connectivity index (χ1v) is 11.7. The maximum absolute atomic E-state index is 13.1. The van der Waals surface area contributed by atoms with Crippen molar-refractivity contribution < 1.29 is 8.42 Å². The molecule has 0 amide bonds. The molecule has 0 spiro atoms. The van der Waals surface area contributed by atoms with Crippen molar-refractivity contribution in [3.05, 3.63) is 59.2 Å². The van der Waals surface area contributed by atoms with Crippen molar-refractivity contribution in [1.29, 1.82) is 0 Å². The lowest BCUT2D eigenvalue weighted by Gasteiger charge is -2.22. The molecule has 154 valence electrons. The molecule has 0 fully saturated rings. The Balaban J connectivity index is 2.38. The minimum Gasteiger partial charge on any atom is -0.269 e. The molecule has 3 nitrogen and oxygen atoms in total. The fourth-order valence-corrected chi connectivity index (χ4v) is 4.31. The summed E-state index contributed by atoms with van der Waals surface area (Å²) < 4.78 is 27.7. The highest BCUT2D eigenvalue weighted by atomic mass is 32.2. The van der Waals surface area contributed by atoms with Crippen molar-refractivity contribution in [2.45, 2.75) is 65.2 Å². The third-order valence-electron chi connectivity index (χ3n) is 5.10. The fraction of sp³-hybridized carbons (Fsp3) is 0.500. The molecular formula is C24H35NO2S. The molecule has 28 heavy (non-hydrogen) atoms. The highest BCUT2D eigenvalue weighted by molar-refractivity contribution is 7.92. The van der Waals surface area contributed by atoms with Crippen LogP contribution in [-0.2, 0) is 22.9 Å². The first kappa shape index (κ1) is 22.5. The summed E-state index contributed by atoms with van der Waals surface area (Å²) in [6.45, 7) is 10.8. The molecule has 0 aliphatic carbocycles. The minimum atomic E-state index is -3.57. The molecule has 0 saturated carbocycles. The van der Waals surface area contributed by atoms with E-state index in [1.54, 1.807) is 19.2 Å². The lowest BCUT2D eigenvalue weighted by molar-refractivity contribution is 0.581. The first-order valence-electron chi connectivity index (χ1n) is 10.3. The summed E-state index contributed by atoms with van der Waals surface area (Å²) in [5, 5.41) is 0. The molecule has 0 atom stereocenters. The molecule has 0 N–H and O–H groups in total. The lowest BCUT2D eigenvalue weighted by Crippen LogP contribution is -2.26. The van der Waals surface area contributed by atoms with Crippen molar-refractivity contribution >= 4 is 15.7 Å². The van der Waals surface area contributed by atoms with Crippen LogP contribution in [0.5, 0.6) is 0 Å². The molecule has 2 aromatic rings. The topological polar surface area (TPSA) is 37.4 Å². The zero-order valence-electron chi connectivity index (χ0n) is 18.2. The maximum atomic E-state index is 13.1. The summed E-state index contributed by atoms with van der Waals surface area (Å²) in [5.74, 6) is 1.24. The van der Waals surface area contributed by atoms with E-state index in [2.05, 4.69) is 33.8 Å². The second-order valence-corrected chi connectivity index (χ2v) is 10.6. The Morgan fingerprint density at radius 3 is 1.71 bits per heavy atom. The fourth-order valence-electron chi connectivity index (χ4n) is 3.13. The zero-order valence-corrected chi connectivity index (χ0v) is 19.0. The van der Waals surface area contributed by atoms with Gasteiger partial charge in [0.15, 0.2) is 0 Å². The van der Waals surface area contributed by atoms with E-state index >= 15 is 0 Å². The number of sulfonamides is 1. The Bertz CT molecular complexity index is 838. The number of nitrogens with zero attached hydrogens (tertiary/aromatic N) is 1. The first-order chi connectivity index (χ1) is 13.1. The average Bonchev–Trinajstić information content (AvgIpc) is 2.64. The van der Waals surface area contributed by atoms with Crippen LogP contribution in [0.2, 0.25) is 0 Å². The van der Waals surface area contributed by atoms with Gasteiger partial charge in [-0.2, -0.15) is 0 Å². The van der Waals surface area contributed by atoms with Gasteiger partial charge in [-0.15, -0.1) is 0 Å². The summed E-state index contributed by atoms with van der Waals surface area (Å²) in [6.07, 6.45) is 4.14. The molecule has 0 aromatic heterocycles. The Morgan fingerprint density at radius 1 is 0.821 bits per heavy atom. The normalized spacial score (nSPS) is 12.0. The van der Waals surface area contributed by atoms with E-state index in [4.69, 9.17) is 0 Å². The van der Waals surface area contributed by atoms with E-state index in [1.165, 1.54) is 15.4 Å². The van der Waals surface area contributed by atoms with Gasteiger partial charge in [0.25, 0.3) is 10.0 Å². The van der Waals surface area contributed by atoms with E-state index in [9.17, 15) is 8.42 Å². The minimum absolute atomic E-state index is 0.330. The molecule has 2 rings (SSSR count). The monoisotopic (exact) mass is 401 g/mol. The van der Waals surface area contributed by atoms with Crippen LogP contribution in [-0.4, -0.2) is 15.5 Å². The van der Waals surface area contributed by atoms with Gasteiger partial charge in [-0.1, -0.05) is 51.5 Å². The number of rotatable bonds is 9. The van der Waals surface area contributed by atoms with E-state index in [0.717, 1.165) is 36.9 Å². The van der Waals surface area contributed by atoms with Crippen LogP contribution >= 0.6 is 0 Å².